The summed E-state index contributed by atoms with van der Waals surface area (Å²) in [6.07, 6.45) is 2.99. The normalized spacial score (nSPS) is 17.4. The van der Waals surface area contributed by atoms with Crippen LogP contribution in [-0.4, -0.2) is 58.1 Å². The molecule has 0 bridgehead atoms. The van der Waals surface area contributed by atoms with Crippen molar-refractivity contribution in [1.29, 1.82) is 0 Å². The van der Waals surface area contributed by atoms with Gasteiger partial charge in [0.25, 0.3) is 0 Å². The van der Waals surface area contributed by atoms with E-state index in [1.807, 2.05) is 24.0 Å². The van der Waals surface area contributed by atoms with Crippen LogP contribution in [0.2, 0.25) is 0 Å². The number of aliphatic imine (C=N–C) groups is 1. The van der Waals surface area contributed by atoms with Gasteiger partial charge in [-0.1, -0.05) is 25.1 Å². The van der Waals surface area contributed by atoms with Crippen molar-refractivity contribution in [2.24, 2.45) is 4.99 Å². The maximum Gasteiger partial charge on any atom is 0.222 e. The van der Waals surface area contributed by atoms with E-state index in [2.05, 4.69) is 42.9 Å². The summed E-state index contributed by atoms with van der Waals surface area (Å²) >= 11 is 0. The highest BCUT2D eigenvalue weighted by molar-refractivity contribution is 5.80. The summed E-state index contributed by atoms with van der Waals surface area (Å²) < 4.78 is 0. The summed E-state index contributed by atoms with van der Waals surface area (Å²) in [5.74, 6) is 1.70. The number of aromatic amines is 1. The van der Waals surface area contributed by atoms with Gasteiger partial charge in [0.2, 0.25) is 5.91 Å². The molecule has 3 rings (SSSR count). The zero-order chi connectivity index (χ0) is 18.4. The maximum absolute atomic E-state index is 11.8. The van der Waals surface area contributed by atoms with E-state index >= 15 is 0 Å². The van der Waals surface area contributed by atoms with Gasteiger partial charge in [0.1, 0.15) is 6.33 Å². The Balaban J connectivity index is 1.54. The van der Waals surface area contributed by atoms with Crippen LogP contribution >= 0.6 is 0 Å². The molecule has 0 spiro atoms. The van der Waals surface area contributed by atoms with Gasteiger partial charge in [-0.3, -0.25) is 14.9 Å². The Morgan fingerprint density at radius 3 is 3.08 bits per heavy atom. The molecule has 8 heteroatoms. The van der Waals surface area contributed by atoms with Crippen molar-refractivity contribution >= 4 is 11.9 Å². The summed E-state index contributed by atoms with van der Waals surface area (Å²) in [4.78, 5) is 22.2. The number of carbonyl (C=O) groups is 1. The van der Waals surface area contributed by atoms with E-state index in [0.29, 0.717) is 13.0 Å². The highest BCUT2D eigenvalue weighted by Gasteiger charge is 2.25. The Morgan fingerprint density at radius 1 is 1.46 bits per heavy atom. The summed E-state index contributed by atoms with van der Waals surface area (Å²) in [6.45, 7) is 4.08. The highest BCUT2D eigenvalue weighted by atomic mass is 16.2. The number of aromatic nitrogens is 3. The first-order valence-electron chi connectivity index (χ1n) is 8.89. The van der Waals surface area contributed by atoms with Gasteiger partial charge in [-0.2, -0.15) is 5.10 Å². The van der Waals surface area contributed by atoms with E-state index in [1.165, 1.54) is 6.33 Å². The fourth-order valence-corrected chi connectivity index (χ4v) is 3.08. The third kappa shape index (κ3) is 4.38. The predicted octanol–water partition coefficient (Wildman–Crippen LogP) is 1.15. The molecule has 8 nitrogen and oxygen atoms in total. The number of carbonyl (C=O) groups excluding carboxylic acids is 1. The van der Waals surface area contributed by atoms with Crippen molar-refractivity contribution in [3.63, 3.8) is 0 Å². The van der Waals surface area contributed by atoms with Crippen molar-refractivity contribution in [3.8, 4) is 11.4 Å². The summed E-state index contributed by atoms with van der Waals surface area (Å²) in [7, 11) is 1.75. The lowest BCUT2D eigenvalue weighted by atomic mass is 10.1. The van der Waals surface area contributed by atoms with Gasteiger partial charge in [0.15, 0.2) is 11.8 Å². The standard InChI is InChI=1S/C18H25N7O/c1-3-16(26)25-8-7-15(11-25)23-18(19-2)20-10-13-5-4-6-14(9-13)17-21-12-22-24-17/h4-6,9,12,15H,3,7-8,10-11H2,1-2H3,(H2,19,20,23)(H,21,22,24). The molecule has 1 aromatic heterocycles. The first kappa shape index (κ1) is 17.9. The van der Waals surface area contributed by atoms with Crippen molar-refractivity contribution < 1.29 is 4.79 Å². The second-order valence-electron chi connectivity index (χ2n) is 6.28. The van der Waals surface area contributed by atoms with Crippen molar-refractivity contribution in [2.75, 3.05) is 20.1 Å². The minimum atomic E-state index is 0.210. The first-order valence-corrected chi connectivity index (χ1v) is 8.89. The molecule has 1 aliphatic rings. The quantitative estimate of drug-likeness (QED) is 0.552. The van der Waals surface area contributed by atoms with Gasteiger partial charge in [-0.15, -0.1) is 0 Å². The molecular weight excluding hydrogens is 330 g/mol. The Bertz CT molecular complexity index is 757. The van der Waals surface area contributed by atoms with E-state index in [4.69, 9.17) is 0 Å². The van der Waals surface area contributed by atoms with Crippen molar-refractivity contribution in [3.05, 3.63) is 36.2 Å². The van der Waals surface area contributed by atoms with E-state index < -0.39 is 0 Å². The van der Waals surface area contributed by atoms with Crippen LogP contribution in [0.3, 0.4) is 0 Å². The van der Waals surface area contributed by atoms with Crippen molar-refractivity contribution in [1.82, 2.24) is 30.7 Å². The molecule has 138 valence electrons. The number of nitrogens with one attached hydrogen (secondary N) is 3. The van der Waals surface area contributed by atoms with Crippen LogP contribution in [0.1, 0.15) is 25.3 Å². The molecule has 0 saturated carbocycles. The number of hydrogen-bond acceptors (Lipinski definition) is 4. The van der Waals surface area contributed by atoms with E-state index in [9.17, 15) is 4.79 Å². The predicted molar refractivity (Wildman–Crippen MR) is 100 cm³/mol. The molecule has 1 amide bonds. The molecule has 2 aromatic rings. The minimum absolute atomic E-state index is 0.210. The van der Waals surface area contributed by atoms with Crippen LogP contribution in [0.25, 0.3) is 11.4 Å². The largest absolute Gasteiger partial charge is 0.352 e. The van der Waals surface area contributed by atoms with Crippen molar-refractivity contribution in [2.45, 2.75) is 32.4 Å². The lowest BCUT2D eigenvalue weighted by molar-refractivity contribution is -0.129. The van der Waals surface area contributed by atoms with E-state index in [0.717, 1.165) is 42.4 Å². The van der Waals surface area contributed by atoms with Gasteiger partial charge in [-0.05, 0) is 18.1 Å². The van der Waals surface area contributed by atoms with Crippen LogP contribution in [0.15, 0.2) is 35.6 Å². The number of H-pyrrole nitrogens is 1. The molecule has 1 unspecified atom stereocenters. The Morgan fingerprint density at radius 2 is 2.35 bits per heavy atom. The van der Waals surface area contributed by atoms with Gasteiger partial charge in [-0.25, -0.2) is 4.98 Å². The van der Waals surface area contributed by atoms with Crippen LogP contribution in [-0.2, 0) is 11.3 Å². The second-order valence-corrected chi connectivity index (χ2v) is 6.28. The Hall–Kier alpha value is -2.90. The lowest BCUT2D eigenvalue weighted by Crippen LogP contribution is -2.44. The fourth-order valence-electron chi connectivity index (χ4n) is 3.08. The fraction of sp³-hybridized carbons (Fsp3) is 0.444. The first-order chi connectivity index (χ1) is 12.7. The molecule has 2 heterocycles. The van der Waals surface area contributed by atoms with Crippen LogP contribution < -0.4 is 10.6 Å². The maximum atomic E-state index is 11.8. The van der Waals surface area contributed by atoms with Gasteiger partial charge >= 0.3 is 0 Å². The third-order valence-corrected chi connectivity index (χ3v) is 4.48. The molecule has 1 aliphatic heterocycles. The third-order valence-electron chi connectivity index (χ3n) is 4.48. The average molecular weight is 355 g/mol. The van der Waals surface area contributed by atoms with E-state index in [1.54, 1.807) is 7.05 Å². The molecule has 1 atom stereocenters. The molecule has 0 aliphatic carbocycles. The molecule has 26 heavy (non-hydrogen) atoms. The monoisotopic (exact) mass is 355 g/mol. The summed E-state index contributed by atoms with van der Waals surface area (Å²) in [5.41, 5.74) is 2.12. The zero-order valence-electron chi connectivity index (χ0n) is 15.2. The number of amides is 1. The number of hydrogen-bond donors (Lipinski definition) is 3. The molecule has 1 saturated heterocycles. The summed E-state index contributed by atoms with van der Waals surface area (Å²) in [5, 5.41) is 13.5. The van der Waals surface area contributed by atoms with Gasteiger partial charge in [0.05, 0.1) is 0 Å². The molecule has 0 radical (unpaired) electrons. The highest BCUT2D eigenvalue weighted by Crippen LogP contribution is 2.15. The number of benzene rings is 1. The Kier molecular flexibility index (Phi) is 5.83. The number of likely N-dealkylation sites (tertiary alicyclic amines) is 1. The molecular formula is C18H25N7O. The van der Waals surface area contributed by atoms with E-state index in [-0.39, 0.29) is 11.9 Å². The lowest BCUT2D eigenvalue weighted by Gasteiger charge is -2.18. The topological polar surface area (TPSA) is 98.3 Å². The molecule has 1 fully saturated rings. The van der Waals surface area contributed by atoms with Crippen LogP contribution in [0, 0.1) is 0 Å². The number of nitrogens with zero attached hydrogens (tertiary/aromatic N) is 4. The zero-order valence-corrected chi connectivity index (χ0v) is 15.2. The molecule has 3 N–H and O–H groups in total. The minimum Gasteiger partial charge on any atom is -0.352 e. The van der Waals surface area contributed by atoms with Crippen LogP contribution in [0.5, 0.6) is 0 Å². The average Bonchev–Trinajstić information content (AvgIpc) is 3.36. The Labute approximate surface area is 153 Å². The number of guanidine groups is 1. The SMILES string of the molecule is CCC(=O)N1CCC(NC(=NC)NCc2cccc(-c3ncn[nH]3)c2)C1. The number of rotatable bonds is 5. The summed E-state index contributed by atoms with van der Waals surface area (Å²) in [6, 6.07) is 8.35. The van der Waals surface area contributed by atoms with Gasteiger partial charge < -0.3 is 15.5 Å². The smallest absolute Gasteiger partial charge is 0.222 e. The van der Waals surface area contributed by atoms with Gasteiger partial charge in [0, 0.05) is 44.7 Å². The molecule has 1 aromatic carbocycles. The second kappa shape index (κ2) is 8.46. The van der Waals surface area contributed by atoms with Crippen LogP contribution in [0.4, 0.5) is 0 Å².